The lowest BCUT2D eigenvalue weighted by atomic mass is 9.99. The first-order valence-corrected chi connectivity index (χ1v) is 12.5. The number of imidazole rings is 1. The van der Waals surface area contributed by atoms with E-state index in [4.69, 9.17) is 6.57 Å². The van der Waals surface area contributed by atoms with E-state index in [2.05, 4.69) is 110 Å². The highest BCUT2D eigenvalue weighted by atomic mass is 15.1. The van der Waals surface area contributed by atoms with Gasteiger partial charge in [0.2, 0.25) is 5.65 Å². The van der Waals surface area contributed by atoms with Crippen LogP contribution in [-0.2, 0) is 0 Å². The van der Waals surface area contributed by atoms with Gasteiger partial charge in [0.25, 0.3) is 5.82 Å². The van der Waals surface area contributed by atoms with Crippen LogP contribution in [0.4, 0.5) is 5.82 Å². The smallest absolute Gasteiger partial charge is 0.255 e. The van der Waals surface area contributed by atoms with Gasteiger partial charge < -0.3 is 9.41 Å². The van der Waals surface area contributed by atoms with E-state index in [9.17, 15) is 0 Å². The normalized spacial score (nSPS) is 11.7. The van der Waals surface area contributed by atoms with Crippen LogP contribution in [0, 0.1) is 6.57 Å². The Balaban J connectivity index is 1.38. The van der Waals surface area contributed by atoms with Gasteiger partial charge in [0.1, 0.15) is 5.52 Å². The predicted molar refractivity (Wildman–Crippen MR) is 154 cm³/mol. The lowest BCUT2D eigenvalue weighted by molar-refractivity contribution is 1.18. The topological polar surface area (TPSA) is 39.5 Å². The first kappa shape index (κ1) is 20.7. The van der Waals surface area contributed by atoms with Gasteiger partial charge in [-0.15, -0.1) is 0 Å². The van der Waals surface area contributed by atoms with Gasteiger partial charge in [0.15, 0.2) is 0 Å². The van der Waals surface area contributed by atoms with Crippen molar-refractivity contribution in [1.29, 1.82) is 0 Å². The number of pyridine rings is 2. The van der Waals surface area contributed by atoms with E-state index < -0.39 is 0 Å². The number of rotatable bonds is 2. The lowest BCUT2D eigenvalue weighted by Crippen LogP contribution is -1.94. The highest BCUT2D eigenvalue weighted by molar-refractivity contribution is 6.13. The van der Waals surface area contributed by atoms with Gasteiger partial charge in [-0.1, -0.05) is 61.2 Å². The van der Waals surface area contributed by atoms with Gasteiger partial charge in [-0.25, -0.2) is 9.38 Å². The van der Waals surface area contributed by atoms with Gasteiger partial charge in [-0.2, -0.15) is 0 Å². The summed E-state index contributed by atoms with van der Waals surface area (Å²) in [5, 5.41) is 5.57. The molecule has 8 aromatic rings. The minimum atomic E-state index is 0.501. The van der Waals surface area contributed by atoms with Gasteiger partial charge in [-0.3, -0.25) is 4.98 Å². The van der Waals surface area contributed by atoms with Crippen molar-refractivity contribution in [3.8, 4) is 16.8 Å². The van der Waals surface area contributed by atoms with E-state index in [1.165, 1.54) is 21.8 Å². The first-order valence-electron chi connectivity index (χ1n) is 12.5. The summed E-state index contributed by atoms with van der Waals surface area (Å²) in [6.07, 6.45) is 5.29. The van der Waals surface area contributed by atoms with Crippen molar-refractivity contribution in [2.75, 3.05) is 0 Å². The maximum Gasteiger partial charge on any atom is 0.255 e. The number of nitrogens with zero attached hydrogens (tertiary/aromatic N) is 5. The zero-order valence-electron chi connectivity index (χ0n) is 20.2. The summed E-state index contributed by atoms with van der Waals surface area (Å²) in [5.41, 5.74) is 7.48. The average Bonchev–Trinajstić information content (AvgIpc) is 3.57. The zero-order valence-corrected chi connectivity index (χ0v) is 20.2. The molecule has 0 aliphatic rings. The second kappa shape index (κ2) is 7.76. The quantitative estimate of drug-likeness (QED) is 0.182. The molecule has 176 valence electrons. The summed E-state index contributed by atoms with van der Waals surface area (Å²) in [6.45, 7) is 7.60. The Kier molecular flexibility index (Phi) is 4.23. The van der Waals surface area contributed by atoms with Crippen molar-refractivity contribution in [3.05, 3.63) is 127 Å². The van der Waals surface area contributed by atoms with E-state index in [1.54, 1.807) is 12.4 Å². The van der Waals surface area contributed by atoms with Crippen molar-refractivity contribution in [1.82, 2.24) is 18.9 Å². The van der Waals surface area contributed by atoms with Crippen LogP contribution in [-0.4, -0.2) is 18.9 Å². The molecular formula is C33H19N5. The number of benzene rings is 4. The number of para-hydroxylation sites is 2. The Labute approximate surface area is 217 Å². The minimum absolute atomic E-state index is 0.501. The molecule has 0 N–H and O–H groups in total. The molecule has 4 aromatic carbocycles. The number of hydrogen-bond donors (Lipinski definition) is 0. The molecule has 5 heteroatoms. The van der Waals surface area contributed by atoms with Gasteiger partial charge >= 0.3 is 0 Å². The van der Waals surface area contributed by atoms with Crippen molar-refractivity contribution in [2.24, 2.45) is 0 Å². The molecule has 0 unspecified atom stereocenters. The standard InChI is InChI=1S/C33H19N5/c1-34-32-20-36-33-26-14-13-22(18-27(26)28-19-35-16-15-31(28)38(32)33)21-7-6-8-23(17-21)37-29-11-4-2-9-24(29)25-10-3-5-12-30(25)37/h2-20H. The second-order valence-corrected chi connectivity index (χ2v) is 9.46. The molecule has 0 fully saturated rings. The molecule has 0 bridgehead atoms. The molecule has 0 aliphatic heterocycles. The van der Waals surface area contributed by atoms with E-state index >= 15 is 0 Å². The summed E-state index contributed by atoms with van der Waals surface area (Å²) >= 11 is 0. The monoisotopic (exact) mass is 485 g/mol. The number of fused-ring (bicyclic) bond motifs is 9. The maximum atomic E-state index is 7.60. The third kappa shape index (κ3) is 2.80. The highest BCUT2D eigenvalue weighted by Gasteiger charge is 2.17. The van der Waals surface area contributed by atoms with Crippen LogP contribution in [0.1, 0.15) is 0 Å². The molecule has 0 amide bonds. The SMILES string of the molecule is [C-]#[N+]c1cnc2c3ccc(-c4cccc(-n5c6ccccc6c6ccccc65)c4)cc3c3cnccc3n12. The average molecular weight is 486 g/mol. The second-order valence-electron chi connectivity index (χ2n) is 9.46. The minimum Gasteiger partial charge on any atom is -0.362 e. The fourth-order valence-corrected chi connectivity index (χ4v) is 5.81. The Morgan fingerprint density at radius 2 is 1.37 bits per heavy atom. The van der Waals surface area contributed by atoms with Crippen LogP contribution in [0.3, 0.4) is 0 Å². The van der Waals surface area contributed by atoms with E-state index in [0.717, 1.165) is 44.1 Å². The van der Waals surface area contributed by atoms with Gasteiger partial charge in [0, 0.05) is 51.1 Å². The van der Waals surface area contributed by atoms with Crippen LogP contribution in [0.15, 0.2) is 116 Å². The van der Waals surface area contributed by atoms with E-state index in [0.29, 0.717) is 5.82 Å². The zero-order chi connectivity index (χ0) is 25.2. The number of aromatic nitrogens is 4. The van der Waals surface area contributed by atoms with Crippen molar-refractivity contribution in [3.63, 3.8) is 0 Å². The highest BCUT2D eigenvalue weighted by Crippen LogP contribution is 2.36. The molecule has 0 saturated carbocycles. The molecule has 0 aliphatic carbocycles. The Bertz CT molecular complexity index is 2210. The molecule has 5 nitrogen and oxygen atoms in total. The Morgan fingerprint density at radius 3 is 2.16 bits per heavy atom. The molecule has 38 heavy (non-hydrogen) atoms. The van der Waals surface area contributed by atoms with Crippen LogP contribution in [0.25, 0.3) is 70.8 Å². The number of hydrogen-bond acceptors (Lipinski definition) is 2. The lowest BCUT2D eigenvalue weighted by Gasteiger charge is -2.12. The van der Waals surface area contributed by atoms with Gasteiger partial charge in [0.05, 0.1) is 17.2 Å². The predicted octanol–water partition coefficient (Wildman–Crippen LogP) is 8.35. The largest absolute Gasteiger partial charge is 0.362 e. The van der Waals surface area contributed by atoms with Crippen molar-refractivity contribution < 1.29 is 0 Å². The summed E-state index contributed by atoms with van der Waals surface area (Å²) in [6, 6.07) is 34.3. The summed E-state index contributed by atoms with van der Waals surface area (Å²) in [7, 11) is 0. The Hall–Kier alpha value is -5.47. The van der Waals surface area contributed by atoms with Crippen molar-refractivity contribution in [2.45, 2.75) is 0 Å². The molecule has 0 saturated heterocycles. The molecule has 0 atom stereocenters. The fraction of sp³-hybridized carbons (Fsp3) is 0. The molecule has 0 radical (unpaired) electrons. The first-order chi connectivity index (χ1) is 18.8. The molecule has 4 aromatic heterocycles. The van der Waals surface area contributed by atoms with Gasteiger partial charge in [-0.05, 0) is 47.5 Å². The summed E-state index contributed by atoms with van der Waals surface area (Å²) < 4.78 is 4.27. The van der Waals surface area contributed by atoms with Crippen LogP contribution < -0.4 is 0 Å². The third-order valence-electron chi connectivity index (χ3n) is 7.47. The van der Waals surface area contributed by atoms with E-state index in [-0.39, 0.29) is 0 Å². The van der Waals surface area contributed by atoms with Crippen LogP contribution in [0.5, 0.6) is 0 Å². The summed E-state index contributed by atoms with van der Waals surface area (Å²) in [4.78, 5) is 12.7. The van der Waals surface area contributed by atoms with Crippen molar-refractivity contribution >= 4 is 54.9 Å². The van der Waals surface area contributed by atoms with E-state index in [1.807, 2.05) is 16.7 Å². The maximum absolute atomic E-state index is 7.60. The molecular weight excluding hydrogens is 466 g/mol. The fourth-order valence-electron chi connectivity index (χ4n) is 5.81. The Morgan fingerprint density at radius 1 is 0.605 bits per heavy atom. The molecule has 8 rings (SSSR count). The summed E-state index contributed by atoms with van der Waals surface area (Å²) in [5.74, 6) is 0.501. The third-order valence-corrected chi connectivity index (χ3v) is 7.47. The van der Waals surface area contributed by atoms with Crippen LogP contribution >= 0.6 is 0 Å². The van der Waals surface area contributed by atoms with Crippen LogP contribution in [0.2, 0.25) is 0 Å². The molecule has 0 spiro atoms. The molecule has 4 heterocycles.